The topological polar surface area (TPSA) is 67.4 Å². The van der Waals surface area contributed by atoms with Gasteiger partial charge in [-0.2, -0.15) is 0 Å². The quantitative estimate of drug-likeness (QED) is 0.429. The maximum Gasteiger partial charge on any atom is 0.149 e. The van der Waals surface area contributed by atoms with Crippen LogP contribution in [0.5, 0.6) is 0 Å². The predicted octanol–water partition coefficient (Wildman–Crippen LogP) is 4.82. The Morgan fingerprint density at radius 2 is 1.71 bits per heavy atom. The molecule has 186 valence electrons. The molecule has 2 aliphatic rings. The fourth-order valence-corrected chi connectivity index (χ4v) is 4.79. The number of aromatic nitrogens is 1. The molecule has 1 aromatic heterocycles. The first kappa shape index (κ1) is 24.8. The lowest BCUT2D eigenvalue weighted by Gasteiger charge is -2.30. The van der Waals surface area contributed by atoms with E-state index in [4.69, 9.17) is 9.47 Å². The zero-order valence-corrected chi connectivity index (χ0v) is 19.9. The SMILES string of the molecule is COCCN[C@H]1CC[C@H](Nc2cc(-c3cc(NCC4CCOCC4)ccc3F)c(F)cn2)CC1. The molecule has 2 fully saturated rings. The van der Waals surface area contributed by atoms with Crippen molar-refractivity contribution in [3.63, 3.8) is 0 Å². The van der Waals surface area contributed by atoms with Crippen molar-refractivity contribution in [2.75, 3.05) is 50.7 Å². The van der Waals surface area contributed by atoms with Crippen LogP contribution in [0.15, 0.2) is 30.5 Å². The van der Waals surface area contributed by atoms with E-state index < -0.39 is 11.6 Å². The van der Waals surface area contributed by atoms with E-state index in [0.717, 1.165) is 70.5 Å². The fourth-order valence-electron chi connectivity index (χ4n) is 4.79. The van der Waals surface area contributed by atoms with E-state index in [1.807, 2.05) is 0 Å². The Balaban J connectivity index is 1.39. The van der Waals surface area contributed by atoms with Crippen LogP contribution in [-0.2, 0) is 9.47 Å². The highest BCUT2D eigenvalue weighted by Crippen LogP contribution is 2.31. The summed E-state index contributed by atoms with van der Waals surface area (Å²) in [4.78, 5) is 4.22. The van der Waals surface area contributed by atoms with Crippen LogP contribution >= 0.6 is 0 Å². The smallest absolute Gasteiger partial charge is 0.149 e. The third-order valence-electron chi connectivity index (χ3n) is 6.87. The molecule has 0 radical (unpaired) electrons. The van der Waals surface area contributed by atoms with Crippen LogP contribution in [0.2, 0.25) is 0 Å². The standard InChI is InChI=1S/C26H36F2N4O2/c1-33-13-10-29-19-2-4-20(5-3-19)32-26-15-23(25(28)17-31-26)22-14-21(6-7-24(22)27)30-16-18-8-11-34-12-9-18/h6-7,14-15,17-20,29-30H,2-5,8-13,16H2,1H3,(H,31,32)/t19-,20-. The van der Waals surface area contributed by atoms with E-state index in [-0.39, 0.29) is 17.2 Å². The second-order valence-corrected chi connectivity index (χ2v) is 9.32. The molecule has 0 bridgehead atoms. The summed E-state index contributed by atoms with van der Waals surface area (Å²) in [5.41, 5.74) is 1.25. The summed E-state index contributed by atoms with van der Waals surface area (Å²) in [6, 6.07) is 7.17. The molecule has 2 aromatic rings. The number of halogens is 2. The van der Waals surface area contributed by atoms with E-state index in [1.54, 1.807) is 25.3 Å². The summed E-state index contributed by atoms with van der Waals surface area (Å²) in [7, 11) is 1.71. The highest BCUT2D eigenvalue weighted by atomic mass is 19.1. The summed E-state index contributed by atoms with van der Waals surface area (Å²) >= 11 is 0. The Morgan fingerprint density at radius 1 is 0.971 bits per heavy atom. The molecular weight excluding hydrogens is 438 g/mol. The van der Waals surface area contributed by atoms with Gasteiger partial charge >= 0.3 is 0 Å². The summed E-state index contributed by atoms with van der Waals surface area (Å²) in [6.07, 6.45) is 7.32. The molecule has 1 saturated heterocycles. The minimum Gasteiger partial charge on any atom is -0.385 e. The van der Waals surface area contributed by atoms with E-state index >= 15 is 0 Å². The van der Waals surface area contributed by atoms with Crippen LogP contribution in [-0.4, -0.2) is 57.1 Å². The van der Waals surface area contributed by atoms with Gasteiger partial charge in [0.1, 0.15) is 17.5 Å². The zero-order chi connectivity index (χ0) is 23.8. The number of anilines is 2. The number of nitrogens with one attached hydrogen (secondary N) is 3. The van der Waals surface area contributed by atoms with Crippen LogP contribution in [0.4, 0.5) is 20.3 Å². The average Bonchev–Trinajstić information content (AvgIpc) is 2.87. The van der Waals surface area contributed by atoms with Gasteiger partial charge in [-0.05, 0) is 68.7 Å². The number of benzene rings is 1. The summed E-state index contributed by atoms with van der Waals surface area (Å²) in [5, 5.41) is 10.3. The van der Waals surface area contributed by atoms with Crippen molar-refractivity contribution in [2.45, 2.75) is 50.6 Å². The van der Waals surface area contributed by atoms with Crippen molar-refractivity contribution in [1.29, 1.82) is 0 Å². The van der Waals surface area contributed by atoms with Crippen LogP contribution in [0.25, 0.3) is 11.1 Å². The zero-order valence-electron chi connectivity index (χ0n) is 19.9. The maximum atomic E-state index is 14.7. The lowest BCUT2D eigenvalue weighted by Crippen LogP contribution is -2.38. The van der Waals surface area contributed by atoms with Gasteiger partial charge in [-0.1, -0.05) is 0 Å². The van der Waals surface area contributed by atoms with Gasteiger partial charge < -0.3 is 25.4 Å². The van der Waals surface area contributed by atoms with Crippen molar-refractivity contribution in [2.24, 2.45) is 5.92 Å². The average molecular weight is 475 g/mol. The molecule has 8 heteroatoms. The first-order chi connectivity index (χ1) is 16.6. The van der Waals surface area contributed by atoms with Crippen LogP contribution in [0, 0.1) is 17.6 Å². The van der Waals surface area contributed by atoms with Gasteiger partial charge in [-0.25, -0.2) is 13.8 Å². The number of nitrogens with zero attached hydrogens (tertiary/aromatic N) is 1. The van der Waals surface area contributed by atoms with Crippen molar-refractivity contribution < 1.29 is 18.3 Å². The minimum atomic E-state index is -0.530. The Bertz CT molecular complexity index is 916. The molecule has 34 heavy (non-hydrogen) atoms. The normalized spacial score (nSPS) is 21.4. The summed E-state index contributed by atoms with van der Waals surface area (Å²) in [5.74, 6) is 0.125. The molecule has 6 nitrogen and oxygen atoms in total. The molecule has 3 N–H and O–H groups in total. The lowest BCUT2D eigenvalue weighted by molar-refractivity contribution is 0.0699. The molecule has 0 spiro atoms. The summed E-state index contributed by atoms with van der Waals surface area (Å²) in [6.45, 7) is 3.93. The number of hydrogen-bond donors (Lipinski definition) is 3. The third kappa shape index (κ3) is 6.87. The van der Waals surface area contributed by atoms with Gasteiger partial charge in [0, 0.05) is 62.3 Å². The van der Waals surface area contributed by atoms with Crippen molar-refractivity contribution >= 4 is 11.5 Å². The molecule has 0 amide bonds. The van der Waals surface area contributed by atoms with Crippen LogP contribution in [0.3, 0.4) is 0 Å². The lowest BCUT2D eigenvalue weighted by atomic mass is 9.91. The van der Waals surface area contributed by atoms with E-state index in [2.05, 4.69) is 20.9 Å². The molecule has 0 atom stereocenters. The highest BCUT2D eigenvalue weighted by molar-refractivity contribution is 5.71. The number of ether oxygens (including phenoxy) is 2. The minimum absolute atomic E-state index is 0.222. The first-order valence-electron chi connectivity index (χ1n) is 12.4. The van der Waals surface area contributed by atoms with Gasteiger partial charge in [-0.3, -0.25) is 0 Å². The molecule has 1 aromatic carbocycles. The molecule has 2 heterocycles. The second kappa shape index (κ2) is 12.4. The maximum absolute atomic E-state index is 14.7. The molecule has 4 rings (SSSR count). The first-order valence-corrected chi connectivity index (χ1v) is 12.4. The predicted molar refractivity (Wildman–Crippen MR) is 131 cm³/mol. The monoisotopic (exact) mass is 474 g/mol. The van der Waals surface area contributed by atoms with Crippen molar-refractivity contribution in [1.82, 2.24) is 10.3 Å². The van der Waals surface area contributed by atoms with Crippen LogP contribution < -0.4 is 16.0 Å². The van der Waals surface area contributed by atoms with E-state index in [9.17, 15) is 8.78 Å². The molecular formula is C26H36F2N4O2. The van der Waals surface area contributed by atoms with Gasteiger partial charge in [0.2, 0.25) is 0 Å². The number of hydrogen-bond acceptors (Lipinski definition) is 6. The summed E-state index contributed by atoms with van der Waals surface area (Å²) < 4.78 is 39.9. The fraction of sp³-hybridized carbons (Fsp3) is 0.577. The van der Waals surface area contributed by atoms with Gasteiger partial charge in [0.25, 0.3) is 0 Å². The Hall–Kier alpha value is -2.29. The third-order valence-corrected chi connectivity index (χ3v) is 6.87. The van der Waals surface area contributed by atoms with E-state index in [1.165, 1.54) is 12.3 Å². The second-order valence-electron chi connectivity index (χ2n) is 9.32. The molecule has 1 aliphatic carbocycles. The van der Waals surface area contributed by atoms with Crippen LogP contribution in [0.1, 0.15) is 38.5 Å². The van der Waals surface area contributed by atoms with Crippen molar-refractivity contribution in [3.8, 4) is 11.1 Å². The Morgan fingerprint density at radius 3 is 2.47 bits per heavy atom. The Kier molecular flexibility index (Phi) is 9.07. The molecule has 0 unspecified atom stereocenters. The molecule has 1 aliphatic heterocycles. The highest BCUT2D eigenvalue weighted by Gasteiger charge is 2.22. The Labute approximate surface area is 200 Å². The number of methoxy groups -OCH3 is 1. The van der Waals surface area contributed by atoms with Crippen molar-refractivity contribution in [3.05, 3.63) is 42.1 Å². The largest absolute Gasteiger partial charge is 0.385 e. The number of rotatable bonds is 10. The van der Waals surface area contributed by atoms with E-state index in [0.29, 0.717) is 24.4 Å². The molecule has 1 saturated carbocycles. The number of pyridine rings is 1. The van der Waals surface area contributed by atoms with Gasteiger partial charge in [0.15, 0.2) is 0 Å². The van der Waals surface area contributed by atoms with Gasteiger partial charge in [0.05, 0.1) is 12.8 Å². The van der Waals surface area contributed by atoms with Gasteiger partial charge in [-0.15, -0.1) is 0 Å².